The first-order chi connectivity index (χ1) is 10.9. The van der Waals surface area contributed by atoms with Crippen LogP contribution in [0.3, 0.4) is 0 Å². The number of hydrogen-bond acceptors (Lipinski definition) is 5. The van der Waals surface area contributed by atoms with Gasteiger partial charge in [0.1, 0.15) is 13.2 Å². The van der Waals surface area contributed by atoms with E-state index in [2.05, 4.69) is 5.32 Å². The second kappa shape index (κ2) is 5.90. The molecule has 0 aliphatic carbocycles. The predicted octanol–water partition coefficient (Wildman–Crippen LogP) is 1.36. The Morgan fingerprint density at radius 2 is 1.65 bits per heavy atom. The molecule has 120 valence electrons. The van der Waals surface area contributed by atoms with Crippen molar-refractivity contribution in [1.29, 1.82) is 0 Å². The van der Waals surface area contributed by atoms with E-state index in [0.29, 0.717) is 36.0 Å². The smallest absolute Gasteiger partial charge is 0.255 e. The van der Waals surface area contributed by atoms with Crippen LogP contribution in [-0.4, -0.2) is 27.5 Å². The number of sulfonamides is 1. The van der Waals surface area contributed by atoms with Gasteiger partial charge in [-0.25, -0.2) is 13.6 Å². The Morgan fingerprint density at radius 1 is 1.00 bits per heavy atom. The van der Waals surface area contributed by atoms with Crippen molar-refractivity contribution < 1.29 is 22.7 Å². The number of nitrogens with one attached hydrogen (secondary N) is 1. The number of rotatable bonds is 3. The number of primary sulfonamides is 1. The van der Waals surface area contributed by atoms with Crippen LogP contribution >= 0.6 is 0 Å². The zero-order chi connectivity index (χ0) is 16.4. The van der Waals surface area contributed by atoms with Crippen LogP contribution in [0.2, 0.25) is 0 Å². The molecule has 2 aromatic rings. The topological polar surface area (TPSA) is 108 Å². The van der Waals surface area contributed by atoms with E-state index in [1.54, 1.807) is 18.2 Å². The average Bonchev–Trinajstić information content (AvgIpc) is 2.54. The van der Waals surface area contributed by atoms with E-state index in [1.165, 1.54) is 24.3 Å². The summed E-state index contributed by atoms with van der Waals surface area (Å²) in [5, 5.41) is 7.70. The predicted molar refractivity (Wildman–Crippen MR) is 83.2 cm³/mol. The van der Waals surface area contributed by atoms with Crippen molar-refractivity contribution >= 4 is 21.6 Å². The van der Waals surface area contributed by atoms with Crippen molar-refractivity contribution in [2.24, 2.45) is 5.14 Å². The Labute approximate surface area is 133 Å². The maximum Gasteiger partial charge on any atom is 0.255 e. The quantitative estimate of drug-likeness (QED) is 0.881. The van der Waals surface area contributed by atoms with Gasteiger partial charge in [0, 0.05) is 11.3 Å². The summed E-state index contributed by atoms with van der Waals surface area (Å²) in [7, 11) is -3.75. The zero-order valence-electron chi connectivity index (χ0n) is 12.0. The summed E-state index contributed by atoms with van der Waals surface area (Å²) >= 11 is 0. The molecule has 0 saturated carbocycles. The first kappa shape index (κ1) is 15.3. The molecule has 0 fully saturated rings. The van der Waals surface area contributed by atoms with E-state index in [-0.39, 0.29) is 10.8 Å². The highest BCUT2D eigenvalue weighted by molar-refractivity contribution is 7.89. The lowest BCUT2D eigenvalue weighted by Crippen LogP contribution is -2.17. The van der Waals surface area contributed by atoms with Crippen molar-refractivity contribution in [1.82, 2.24) is 0 Å². The van der Waals surface area contributed by atoms with Crippen molar-refractivity contribution in [2.45, 2.75) is 4.90 Å². The van der Waals surface area contributed by atoms with Gasteiger partial charge in [-0.15, -0.1) is 0 Å². The third kappa shape index (κ3) is 3.43. The number of benzene rings is 2. The van der Waals surface area contributed by atoms with E-state index in [4.69, 9.17) is 14.6 Å². The molecule has 1 aliphatic rings. The van der Waals surface area contributed by atoms with Gasteiger partial charge < -0.3 is 14.8 Å². The van der Waals surface area contributed by atoms with E-state index in [1.807, 2.05) is 0 Å². The monoisotopic (exact) mass is 334 g/mol. The van der Waals surface area contributed by atoms with Crippen LogP contribution in [0.15, 0.2) is 47.4 Å². The number of hydrogen-bond donors (Lipinski definition) is 2. The molecule has 0 saturated heterocycles. The van der Waals surface area contributed by atoms with E-state index < -0.39 is 10.0 Å². The summed E-state index contributed by atoms with van der Waals surface area (Å²) in [6, 6.07) is 10.5. The molecule has 0 unspecified atom stereocenters. The molecule has 7 nitrogen and oxygen atoms in total. The summed E-state index contributed by atoms with van der Waals surface area (Å²) in [6.07, 6.45) is 0. The number of anilines is 1. The van der Waals surface area contributed by atoms with Crippen LogP contribution in [0.25, 0.3) is 0 Å². The molecule has 3 N–H and O–H groups in total. The van der Waals surface area contributed by atoms with Crippen LogP contribution in [0.5, 0.6) is 11.5 Å². The molecular weight excluding hydrogens is 320 g/mol. The first-order valence-electron chi connectivity index (χ1n) is 6.77. The fourth-order valence-corrected chi connectivity index (χ4v) is 2.63. The van der Waals surface area contributed by atoms with Crippen LogP contribution < -0.4 is 19.9 Å². The number of carbonyl (C=O) groups excluding carboxylic acids is 1. The van der Waals surface area contributed by atoms with Gasteiger partial charge in [-0.2, -0.15) is 0 Å². The largest absolute Gasteiger partial charge is 0.486 e. The molecule has 8 heteroatoms. The van der Waals surface area contributed by atoms with Crippen molar-refractivity contribution in [3.8, 4) is 11.5 Å². The van der Waals surface area contributed by atoms with Crippen molar-refractivity contribution in [3.63, 3.8) is 0 Å². The Bertz CT molecular complexity index is 847. The molecule has 23 heavy (non-hydrogen) atoms. The summed E-state index contributed by atoms with van der Waals surface area (Å²) in [5.74, 6) is 0.782. The van der Waals surface area contributed by atoms with Gasteiger partial charge in [0.2, 0.25) is 10.0 Å². The van der Waals surface area contributed by atoms with Gasteiger partial charge in [-0.3, -0.25) is 4.79 Å². The van der Waals surface area contributed by atoms with Crippen LogP contribution in [0.4, 0.5) is 5.69 Å². The lowest BCUT2D eigenvalue weighted by atomic mass is 10.1. The van der Waals surface area contributed by atoms with E-state index in [9.17, 15) is 13.2 Å². The molecule has 0 bridgehead atoms. The second-order valence-corrected chi connectivity index (χ2v) is 6.44. The molecule has 0 aromatic heterocycles. The first-order valence-corrected chi connectivity index (χ1v) is 8.32. The van der Waals surface area contributed by atoms with Crippen LogP contribution in [-0.2, 0) is 10.0 Å². The van der Waals surface area contributed by atoms with Gasteiger partial charge in [0.05, 0.1) is 4.90 Å². The molecule has 1 heterocycles. The lowest BCUT2D eigenvalue weighted by molar-refractivity contribution is 0.102. The van der Waals surface area contributed by atoms with Gasteiger partial charge >= 0.3 is 0 Å². The highest BCUT2D eigenvalue weighted by Crippen LogP contribution is 2.31. The number of ether oxygens (including phenoxy) is 2. The fourth-order valence-electron chi connectivity index (χ4n) is 2.12. The molecule has 0 spiro atoms. The molecule has 1 aliphatic heterocycles. The summed E-state index contributed by atoms with van der Waals surface area (Å²) in [5.41, 5.74) is 0.863. The number of carbonyl (C=O) groups is 1. The third-order valence-electron chi connectivity index (χ3n) is 3.25. The highest BCUT2D eigenvalue weighted by atomic mass is 32.2. The number of fused-ring (bicyclic) bond motifs is 1. The third-order valence-corrected chi connectivity index (χ3v) is 4.17. The Kier molecular flexibility index (Phi) is 3.93. The van der Waals surface area contributed by atoms with Gasteiger partial charge in [0.15, 0.2) is 11.5 Å². The normalized spacial score (nSPS) is 13.4. The minimum absolute atomic E-state index is 0.0187. The van der Waals surface area contributed by atoms with E-state index >= 15 is 0 Å². The fraction of sp³-hybridized carbons (Fsp3) is 0.133. The molecule has 1 amide bonds. The van der Waals surface area contributed by atoms with Crippen molar-refractivity contribution in [3.05, 3.63) is 48.0 Å². The molecule has 3 rings (SSSR count). The van der Waals surface area contributed by atoms with Crippen molar-refractivity contribution in [2.75, 3.05) is 18.5 Å². The SMILES string of the molecule is NS(=O)(=O)c1ccc(NC(=O)c2ccc3c(c2)OCCO3)cc1. The molecule has 0 radical (unpaired) electrons. The van der Waals surface area contributed by atoms with Gasteiger partial charge in [-0.05, 0) is 42.5 Å². The van der Waals surface area contributed by atoms with Gasteiger partial charge in [-0.1, -0.05) is 0 Å². The summed E-state index contributed by atoms with van der Waals surface area (Å²) < 4.78 is 33.2. The Morgan fingerprint density at radius 3 is 2.30 bits per heavy atom. The maximum absolute atomic E-state index is 12.2. The number of amides is 1. The minimum Gasteiger partial charge on any atom is -0.486 e. The maximum atomic E-state index is 12.2. The van der Waals surface area contributed by atoms with Gasteiger partial charge in [0.25, 0.3) is 5.91 Å². The molecule has 0 atom stereocenters. The summed E-state index contributed by atoms with van der Waals surface area (Å²) in [4.78, 5) is 12.2. The standard InChI is InChI=1S/C15H14N2O5S/c16-23(19,20)12-4-2-11(3-5-12)17-15(18)10-1-6-13-14(9-10)22-8-7-21-13/h1-6,9H,7-8H2,(H,17,18)(H2,16,19,20). The minimum atomic E-state index is -3.75. The van der Waals surface area contributed by atoms with Crippen LogP contribution in [0, 0.1) is 0 Å². The number of nitrogens with two attached hydrogens (primary N) is 1. The Balaban J connectivity index is 1.76. The van der Waals surface area contributed by atoms with E-state index in [0.717, 1.165) is 0 Å². The molecular formula is C15H14N2O5S. The van der Waals surface area contributed by atoms with Crippen LogP contribution in [0.1, 0.15) is 10.4 Å². The second-order valence-electron chi connectivity index (χ2n) is 4.88. The lowest BCUT2D eigenvalue weighted by Gasteiger charge is -2.18. The molecule has 2 aromatic carbocycles. The zero-order valence-corrected chi connectivity index (χ0v) is 12.8. The Hall–Kier alpha value is -2.58. The average molecular weight is 334 g/mol. The summed E-state index contributed by atoms with van der Waals surface area (Å²) in [6.45, 7) is 0.919. The highest BCUT2D eigenvalue weighted by Gasteiger charge is 2.15.